The molecule has 148 valence electrons. The molecule has 1 saturated carbocycles. The molecular formula is C24H20N4O2. The molecule has 1 aliphatic carbocycles. The van der Waals surface area contributed by atoms with Gasteiger partial charge in [-0.15, -0.1) is 6.42 Å². The number of urea groups is 1. The second-order valence-corrected chi connectivity index (χ2v) is 8.07. The smallest absolute Gasteiger partial charge is 0.323 e. The van der Waals surface area contributed by atoms with E-state index < -0.39 is 5.54 Å². The zero-order chi connectivity index (χ0) is 20.7. The largest absolute Gasteiger partial charge is 0.325 e. The Bertz CT molecular complexity index is 1190. The average molecular weight is 396 g/mol. The van der Waals surface area contributed by atoms with Crippen LogP contribution in [0.3, 0.4) is 0 Å². The van der Waals surface area contributed by atoms with Gasteiger partial charge in [-0.3, -0.25) is 9.69 Å². The molecule has 0 atom stereocenters. The summed E-state index contributed by atoms with van der Waals surface area (Å²) in [6.45, 7) is 0.297. The minimum Gasteiger partial charge on any atom is -0.323 e. The Morgan fingerprint density at radius 2 is 1.97 bits per heavy atom. The van der Waals surface area contributed by atoms with Gasteiger partial charge in [0.2, 0.25) is 0 Å². The van der Waals surface area contributed by atoms with Crippen LogP contribution in [-0.2, 0) is 17.8 Å². The Morgan fingerprint density at radius 1 is 1.17 bits per heavy atom. The summed E-state index contributed by atoms with van der Waals surface area (Å²) in [7, 11) is 0. The van der Waals surface area contributed by atoms with Crippen molar-refractivity contribution >= 4 is 22.8 Å². The van der Waals surface area contributed by atoms with Crippen LogP contribution >= 0.6 is 0 Å². The molecule has 3 aromatic rings. The van der Waals surface area contributed by atoms with Gasteiger partial charge in [0.1, 0.15) is 11.4 Å². The van der Waals surface area contributed by atoms with Gasteiger partial charge < -0.3 is 5.32 Å². The van der Waals surface area contributed by atoms with Gasteiger partial charge in [0.15, 0.2) is 0 Å². The number of imide groups is 1. The fourth-order valence-electron chi connectivity index (χ4n) is 4.45. The van der Waals surface area contributed by atoms with E-state index in [4.69, 9.17) is 6.42 Å². The Kier molecular flexibility index (Phi) is 4.25. The Balaban J connectivity index is 1.25. The Labute approximate surface area is 174 Å². The van der Waals surface area contributed by atoms with E-state index in [9.17, 15) is 9.59 Å². The fourth-order valence-corrected chi connectivity index (χ4v) is 4.45. The second-order valence-electron chi connectivity index (χ2n) is 8.07. The molecule has 0 radical (unpaired) electrons. The highest BCUT2D eigenvalue weighted by Gasteiger charge is 2.58. The van der Waals surface area contributed by atoms with Crippen molar-refractivity contribution in [2.75, 3.05) is 0 Å². The number of amides is 3. The molecule has 1 saturated heterocycles. The van der Waals surface area contributed by atoms with E-state index in [2.05, 4.69) is 21.2 Å². The van der Waals surface area contributed by atoms with Gasteiger partial charge in [0.05, 0.1) is 12.1 Å². The Hall–Kier alpha value is -3.72. The molecule has 1 N–H and O–H groups in total. The monoisotopic (exact) mass is 396 g/mol. The van der Waals surface area contributed by atoms with Gasteiger partial charge in [0, 0.05) is 23.6 Å². The topological polar surface area (TPSA) is 75.2 Å². The molecule has 1 aliphatic heterocycles. The molecule has 30 heavy (non-hydrogen) atoms. The summed E-state index contributed by atoms with van der Waals surface area (Å²) < 4.78 is 0. The number of carbonyl (C=O) groups excluding carboxylic acids is 2. The van der Waals surface area contributed by atoms with Crippen LogP contribution in [0.15, 0.2) is 54.7 Å². The lowest BCUT2D eigenvalue weighted by molar-refractivity contribution is -0.136. The first kappa shape index (κ1) is 18.3. The molecule has 6 nitrogen and oxygen atoms in total. The lowest BCUT2D eigenvalue weighted by Crippen LogP contribution is -2.57. The maximum Gasteiger partial charge on any atom is 0.325 e. The number of hydrogen-bond donors (Lipinski definition) is 1. The molecule has 5 rings (SSSR count). The number of nitrogens with zero attached hydrogens (tertiary/aromatic N) is 3. The van der Waals surface area contributed by atoms with Gasteiger partial charge in [0.25, 0.3) is 5.91 Å². The molecule has 0 bridgehead atoms. The Morgan fingerprint density at radius 3 is 2.73 bits per heavy atom. The number of nitrogens with one attached hydrogen (secondary N) is 1. The lowest BCUT2D eigenvalue weighted by atomic mass is 9.67. The first-order chi connectivity index (χ1) is 14.6. The summed E-state index contributed by atoms with van der Waals surface area (Å²) in [5.74, 6) is 3.48. The summed E-state index contributed by atoms with van der Waals surface area (Å²) >= 11 is 0. The van der Waals surface area contributed by atoms with Gasteiger partial charge in [-0.1, -0.05) is 36.3 Å². The zero-order valence-corrected chi connectivity index (χ0v) is 16.3. The van der Waals surface area contributed by atoms with Crippen molar-refractivity contribution in [3.8, 4) is 12.3 Å². The number of hydrogen-bond acceptors (Lipinski definition) is 4. The third-order valence-electron chi connectivity index (χ3n) is 5.97. The number of rotatable bonds is 4. The van der Waals surface area contributed by atoms with Crippen LogP contribution < -0.4 is 5.32 Å². The third kappa shape index (κ3) is 3.09. The quantitative estimate of drug-likeness (QED) is 0.543. The molecule has 1 spiro atoms. The predicted molar refractivity (Wildman–Crippen MR) is 112 cm³/mol. The number of terminal acetylenes is 1. The minimum absolute atomic E-state index is 0.131. The van der Waals surface area contributed by atoms with Crippen LogP contribution in [0.25, 0.3) is 10.9 Å². The maximum atomic E-state index is 13.0. The van der Waals surface area contributed by atoms with Crippen molar-refractivity contribution in [2.24, 2.45) is 5.92 Å². The van der Waals surface area contributed by atoms with Crippen LogP contribution in [0.2, 0.25) is 0 Å². The van der Waals surface area contributed by atoms with E-state index in [1.54, 1.807) is 6.20 Å². The van der Waals surface area contributed by atoms with Crippen molar-refractivity contribution in [3.05, 3.63) is 71.7 Å². The van der Waals surface area contributed by atoms with E-state index in [1.165, 1.54) is 4.90 Å². The van der Waals surface area contributed by atoms with E-state index in [1.807, 2.05) is 48.5 Å². The van der Waals surface area contributed by atoms with Crippen molar-refractivity contribution < 1.29 is 9.59 Å². The van der Waals surface area contributed by atoms with Crippen LogP contribution in [0, 0.1) is 18.3 Å². The molecule has 3 amide bonds. The highest BCUT2D eigenvalue weighted by atomic mass is 16.2. The molecule has 1 aromatic heterocycles. The number of carbonyl (C=O) groups is 2. The minimum atomic E-state index is -0.769. The highest BCUT2D eigenvalue weighted by Crippen LogP contribution is 2.43. The molecule has 2 aliphatic rings. The number of aromatic nitrogens is 2. The van der Waals surface area contributed by atoms with E-state index in [0.717, 1.165) is 27.9 Å². The van der Waals surface area contributed by atoms with Crippen LogP contribution in [-0.4, -0.2) is 32.3 Å². The predicted octanol–water partition coefficient (Wildman–Crippen LogP) is 3.05. The first-order valence-electron chi connectivity index (χ1n) is 9.97. The number of benzene rings is 2. The van der Waals surface area contributed by atoms with Crippen LogP contribution in [0.4, 0.5) is 4.79 Å². The van der Waals surface area contributed by atoms with E-state index >= 15 is 0 Å². The van der Waals surface area contributed by atoms with Crippen molar-refractivity contribution in [2.45, 2.75) is 31.3 Å². The molecule has 2 fully saturated rings. The fraction of sp³-hybridized carbons (Fsp3) is 0.250. The van der Waals surface area contributed by atoms with Crippen LogP contribution in [0.1, 0.15) is 29.8 Å². The zero-order valence-electron chi connectivity index (χ0n) is 16.3. The SMILES string of the molecule is C#Cc1ccc2nc(CC3CC4(C3)NC(=O)N(Cc3ccccc3)C4=O)ncc2c1. The maximum absolute atomic E-state index is 13.0. The molecule has 2 aromatic carbocycles. The summed E-state index contributed by atoms with van der Waals surface area (Å²) in [6, 6.07) is 14.9. The lowest BCUT2D eigenvalue weighted by Gasteiger charge is -2.42. The average Bonchev–Trinajstić information content (AvgIpc) is 2.99. The summed E-state index contributed by atoms with van der Waals surface area (Å²) in [5, 5.41) is 3.83. The highest BCUT2D eigenvalue weighted by molar-refractivity contribution is 6.07. The third-order valence-corrected chi connectivity index (χ3v) is 5.97. The number of fused-ring (bicyclic) bond motifs is 1. The van der Waals surface area contributed by atoms with E-state index in [-0.39, 0.29) is 17.9 Å². The normalized spacial score (nSPS) is 22.8. The molecule has 0 unspecified atom stereocenters. The van der Waals surface area contributed by atoms with E-state index in [0.29, 0.717) is 25.8 Å². The molecule has 2 heterocycles. The summed E-state index contributed by atoms with van der Waals surface area (Å²) in [5.41, 5.74) is 1.82. The molecular weight excluding hydrogens is 376 g/mol. The van der Waals surface area contributed by atoms with Gasteiger partial charge in [-0.2, -0.15) is 0 Å². The summed E-state index contributed by atoms with van der Waals surface area (Å²) in [4.78, 5) is 35.8. The first-order valence-corrected chi connectivity index (χ1v) is 9.97. The second kappa shape index (κ2) is 6.96. The van der Waals surface area contributed by atoms with Gasteiger partial charge in [-0.25, -0.2) is 14.8 Å². The standard InChI is InChI=1S/C24H20N4O2/c1-2-16-8-9-20-19(10-16)14-25-21(26-20)11-18-12-24(13-18)22(29)28(23(30)27-24)15-17-6-4-3-5-7-17/h1,3-10,14,18H,11-13,15H2,(H,27,30). The summed E-state index contributed by atoms with van der Waals surface area (Å²) in [6.07, 6.45) is 9.13. The van der Waals surface area contributed by atoms with Gasteiger partial charge >= 0.3 is 6.03 Å². The van der Waals surface area contributed by atoms with Gasteiger partial charge in [-0.05, 0) is 42.5 Å². The van der Waals surface area contributed by atoms with Crippen molar-refractivity contribution in [1.82, 2.24) is 20.2 Å². The van der Waals surface area contributed by atoms with Crippen molar-refractivity contribution in [3.63, 3.8) is 0 Å². The van der Waals surface area contributed by atoms with Crippen molar-refractivity contribution in [1.29, 1.82) is 0 Å². The van der Waals surface area contributed by atoms with Crippen LogP contribution in [0.5, 0.6) is 0 Å². The molecule has 6 heteroatoms.